The molecule has 2 heterocycles. The van der Waals surface area contributed by atoms with E-state index in [4.69, 9.17) is 0 Å². The van der Waals surface area contributed by atoms with Gasteiger partial charge in [0.15, 0.2) is 5.69 Å². The van der Waals surface area contributed by atoms with Crippen molar-refractivity contribution >= 4 is 5.91 Å². The summed E-state index contributed by atoms with van der Waals surface area (Å²) in [6.07, 6.45) is 1.02. The lowest BCUT2D eigenvalue weighted by Gasteiger charge is -2.30. The molecule has 0 spiro atoms. The van der Waals surface area contributed by atoms with Gasteiger partial charge < -0.3 is 14.9 Å². The topological polar surface area (TPSA) is 61.6 Å². The van der Waals surface area contributed by atoms with E-state index in [2.05, 4.69) is 30.8 Å². The number of rotatable bonds is 7. The van der Waals surface area contributed by atoms with E-state index in [1.54, 1.807) is 4.68 Å². The molecule has 136 valence electrons. The second-order valence-corrected chi connectivity index (χ2v) is 6.82. The highest BCUT2D eigenvalue weighted by molar-refractivity contribution is 5.93. The minimum Gasteiger partial charge on any atom is -0.394 e. The third-order valence-electron chi connectivity index (χ3n) is 5.60. The fraction of sp³-hybridized carbons (Fsp3) is 0.778. The number of aliphatic hydroxyl groups is 1. The number of aliphatic hydroxyl groups excluding tert-OH is 1. The van der Waals surface area contributed by atoms with Crippen LogP contribution in [0.25, 0.3) is 0 Å². The highest BCUT2D eigenvalue weighted by Gasteiger charge is 2.43. The molecule has 0 aliphatic carbocycles. The fourth-order valence-electron chi connectivity index (χ4n) is 3.83. The normalized spacial score (nSPS) is 24.1. The molecule has 2 rings (SSSR count). The standard InChI is InChI=1S/C18H32N4O2/c1-6-14-10-22(18(24)16-9-13(4)20(5)19-16)17(12-23)15(14)11-21(7-2)8-3/h9,14-15,17,23H,6-8,10-12H2,1-5H3/t14-,15-,17-/m1/s1. The van der Waals surface area contributed by atoms with Crippen LogP contribution in [0.3, 0.4) is 0 Å². The summed E-state index contributed by atoms with van der Waals surface area (Å²) in [5, 5.41) is 14.3. The molecule has 1 aromatic heterocycles. The molecule has 0 bridgehead atoms. The van der Waals surface area contributed by atoms with Crippen molar-refractivity contribution in [3.8, 4) is 0 Å². The van der Waals surface area contributed by atoms with Gasteiger partial charge in [0, 0.05) is 25.8 Å². The lowest BCUT2D eigenvalue weighted by atomic mass is 9.88. The van der Waals surface area contributed by atoms with Crippen LogP contribution < -0.4 is 0 Å². The number of aryl methyl sites for hydroxylation is 2. The van der Waals surface area contributed by atoms with Gasteiger partial charge in [-0.1, -0.05) is 27.2 Å². The molecule has 1 aliphatic rings. The molecule has 1 saturated heterocycles. The van der Waals surface area contributed by atoms with Gasteiger partial charge in [-0.25, -0.2) is 0 Å². The molecule has 0 saturated carbocycles. The minimum atomic E-state index is -0.120. The van der Waals surface area contributed by atoms with Crippen molar-refractivity contribution in [3.63, 3.8) is 0 Å². The Hall–Kier alpha value is -1.40. The maximum Gasteiger partial charge on any atom is 0.274 e. The van der Waals surface area contributed by atoms with Crippen molar-refractivity contribution < 1.29 is 9.90 Å². The van der Waals surface area contributed by atoms with Crippen LogP contribution in [-0.2, 0) is 7.05 Å². The van der Waals surface area contributed by atoms with Crippen LogP contribution in [0.1, 0.15) is 43.4 Å². The quantitative estimate of drug-likeness (QED) is 0.820. The van der Waals surface area contributed by atoms with Crippen molar-refractivity contribution in [3.05, 3.63) is 17.5 Å². The molecule has 24 heavy (non-hydrogen) atoms. The molecule has 1 amide bonds. The maximum absolute atomic E-state index is 12.9. The molecule has 1 fully saturated rings. The van der Waals surface area contributed by atoms with Crippen LogP contribution in [0.4, 0.5) is 0 Å². The van der Waals surface area contributed by atoms with Crippen LogP contribution in [0.2, 0.25) is 0 Å². The SMILES string of the molecule is CC[C@@H]1CN(C(=O)c2cc(C)n(C)n2)[C@H](CO)[C@@H]1CN(CC)CC. The van der Waals surface area contributed by atoms with Crippen LogP contribution in [0, 0.1) is 18.8 Å². The van der Waals surface area contributed by atoms with Gasteiger partial charge in [-0.05, 0) is 37.9 Å². The second-order valence-electron chi connectivity index (χ2n) is 6.82. The fourth-order valence-corrected chi connectivity index (χ4v) is 3.83. The van der Waals surface area contributed by atoms with Crippen LogP contribution in [0.5, 0.6) is 0 Å². The molecule has 6 heteroatoms. The number of amides is 1. The smallest absolute Gasteiger partial charge is 0.274 e. The zero-order chi connectivity index (χ0) is 17.9. The van der Waals surface area contributed by atoms with Crippen molar-refractivity contribution in [1.82, 2.24) is 19.6 Å². The van der Waals surface area contributed by atoms with Crippen LogP contribution in [0.15, 0.2) is 6.07 Å². The first-order chi connectivity index (χ1) is 11.5. The van der Waals surface area contributed by atoms with Crippen molar-refractivity contribution in [1.29, 1.82) is 0 Å². The first-order valence-corrected chi connectivity index (χ1v) is 9.11. The number of nitrogens with zero attached hydrogens (tertiary/aromatic N) is 4. The van der Waals surface area contributed by atoms with E-state index in [1.807, 2.05) is 24.9 Å². The average Bonchev–Trinajstić information content (AvgIpc) is 3.11. The maximum atomic E-state index is 12.9. The summed E-state index contributed by atoms with van der Waals surface area (Å²) in [7, 11) is 1.84. The summed E-state index contributed by atoms with van der Waals surface area (Å²) >= 11 is 0. The van der Waals surface area contributed by atoms with Gasteiger partial charge in [0.2, 0.25) is 0 Å². The van der Waals surface area contributed by atoms with Gasteiger partial charge in [-0.15, -0.1) is 0 Å². The van der Waals surface area contributed by atoms with Crippen LogP contribution >= 0.6 is 0 Å². The summed E-state index contributed by atoms with van der Waals surface area (Å²) in [5.41, 5.74) is 1.44. The molecule has 6 nitrogen and oxygen atoms in total. The van der Waals surface area contributed by atoms with Gasteiger partial charge in [0.1, 0.15) is 0 Å². The predicted octanol–water partition coefficient (Wildman–Crippen LogP) is 1.53. The predicted molar refractivity (Wildman–Crippen MR) is 94.9 cm³/mol. The number of carbonyl (C=O) groups is 1. The Morgan fingerprint density at radius 2 is 2.04 bits per heavy atom. The zero-order valence-corrected chi connectivity index (χ0v) is 15.7. The molecule has 1 aliphatic heterocycles. The van der Waals surface area contributed by atoms with E-state index >= 15 is 0 Å². The minimum absolute atomic E-state index is 0.0139. The van der Waals surface area contributed by atoms with E-state index in [9.17, 15) is 9.90 Å². The Morgan fingerprint density at radius 3 is 2.50 bits per heavy atom. The molecule has 0 radical (unpaired) electrons. The third kappa shape index (κ3) is 3.64. The average molecular weight is 336 g/mol. The largest absolute Gasteiger partial charge is 0.394 e. The second kappa shape index (κ2) is 8.12. The molecule has 0 unspecified atom stereocenters. The summed E-state index contributed by atoms with van der Waals surface area (Å²) in [6.45, 7) is 12.1. The summed E-state index contributed by atoms with van der Waals surface area (Å²) in [5.74, 6) is 0.684. The van der Waals surface area contributed by atoms with Gasteiger partial charge in [-0.3, -0.25) is 9.48 Å². The third-order valence-corrected chi connectivity index (χ3v) is 5.60. The van der Waals surface area contributed by atoms with E-state index < -0.39 is 0 Å². The Labute approximate surface area is 145 Å². The summed E-state index contributed by atoms with van der Waals surface area (Å²) in [6, 6.07) is 1.71. The number of aromatic nitrogens is 2. The van der Waals surface area contributed by atoms with E-state index in [1.165, 1.54) is 0 Å². The summed E-state index contributed by atoms with van der Waals surface area (Å²) < 4.78 is 1.72. The zero-order valence-electron chi connectivity index (χ0n) is 15.7. The molecule has 1 N–H and O–H groups in total. The number of hydrogen-bond acceptors (Lipinski definition) is 4. The van der Waals surface area contributed by atoms with E-state index in [0.717, 1.165) is 31.7 Å². The van der Waals surface area contributed by atoms with E-state index in [-0.39, 0.29) is 18.6 Å². The van der Waals surface area contributed by atoms with E-state index in [0.29, 0.717) is 24.1 Å². The van der Waals surface area contributed by atoms with Gasteiger partial charge in [-0.2, -0.15) is 5.10 Å². The highest BCUT2D eigenvalue weighted by Crippen LogP contribution is 2.33. The van der Waals surface area contributed by atoms with Gasteiger partial charge in [0.05, 0.1) is 12.6 Å². The molecule has 1 aromatic rings. The highest BCUT2D eigenvalue weighted by atomic mass is 16.3. The monoisotopic (exact) mass is 336 g/mol. The Bertz CT molecular complexity index is 534. The van der Waals surface area contributed by atoms with Crippen molar-refractivity contribution in [2.45, 2.75) is 40.2 Å². The van der Waals surface area contributed by atoms with Crippen molar-refractivity contribution in [2.24, 2.45) is 18.9 Å². The molecular formula is C18H32N4O2. The molecule has 0 aromatic carbocycles. The number of hydrogen-bond donors (Lipinski definition) is 1. The Balaban J connectivity index is 2.22. The van der Waals surface area contributed by atoms with Crippen molar-refractivity contribution in [2.75, 3.05) is 32.8 Å². The number of carbonyl (C=O) groups excluding carboxylic acids is 1. The number of likely N-dealkylation sites (tertiary alicyclic amines) is 1. The Morgan fingerprint density at radius 1 is 1.38 bits per heavy atom. The lowest BCUT2D eigenvalue weighted by Crippen LogP contribution is -2.43. The van der Waals surface area contributed by atoms with Gasteiger partial charge in [0.25, 0.3) is 5.91 Å². The molecule has 3 atom stereocenters. The van der Waals surface area contributed by atoms with Crippen LogP contribution in [-0.4, -0.2) is 69.4 Å². The summed E-state index contributed by atoms with van der Waals surface area (Å²) in [4.78, 5) is 17.2. The Kier molecular flexibility index (Phi) is 6.40. The lowest BCUT2D eigenvalue weighted by molar-refractivity contribution is 0.0613. The van der Waals surface area contributed by atoms with Gasteiger partial charge >= 0.3 is 0 Å². The first kappa shape index (κ1) is 18.9. The first-order valence-electron chi connectivity index (χ1n) is 9.11. The molecular weight excluding hydrogens is 304 g/mol.